The Hall–Kier alpha value is -2.56. The highest BCUT2D eigenvalue weighted by molar-refractivity contribution is 5.88. The Labute approximate surface area is 143 Å². The monoisotopic (exact) mass is 328 g/mol. The fourth-order valence-corrected chi connectivity index (χ4v) is 2.51. The first kappa shape index (κ1) is 17.8. The van der Waals surface area contributed by atoms with Gasteiger partial charge in [-0.25, -0.2) is 4.79 Å². The first-order valence-corrected chi connectivity index (χ1v) is 8.22. The standard InChI is InChI=1S/C19H24N2O3/c1-3-24-19(23)21-13-11-20(12-14-21)18(22)10-5-4-8-17-9-6-7-16(2)15-17/h4-10,15H,3,11-14H2,1-2H3/b8-4+,10-5+. The minimum Gasteiger partial charge on any atom is -0.450 e. The van der Waals surface area contributed by atoms with E-state index in [1.165, 1.54) is 5.56 Å². The molecule has 0 N–H and O–H groups in total. The number of nitrogens with zero attached hydrogens (tertiary/aromatic N) is 2. The number of hydrogen-bond donors (Lipinski definition) is 0. The van der Waals surface area contributed by atoms with Gasteiger partial charge in [0.15, 0.2) is 0 Å². The Morgan fingerprint density at radius 3 is 2.50 bits per heavy atom. The van der Waals surface area contributed by atoms with Crippen LogP contribution in [-0.4, -0.2) is 54.6 Å². The van der Waals surface area contributed by atoms with Gasteiger partial charge in [-0.3, -0.25) is 4.79 Å². The number of carbonyl (C=O) groups excluding carboxylic acids is 2. The normalized spacial score (nSPS) is 15.2. The molecule has 0 spiro atoms. The summed E-state index contributed by atoms with van der Waals surface area (Å²) < 4.78 is 4.97. The zero-order valence-corrected chi connectivity index (χ0v) is 14.3. The zero-order valence-electron chi connectivity index (χ0n) is 14.3. The summed E-state index contributed by atoms with van der Waals surface area (Å²) in [6, 6.07) is 8.16. The minimum absolute atomic E-state index is 0.0348. The SMILES string of the molecule is CCOC(=O)N1CCN(C(=O)/C=C/C=C/c2cccc(C)c2)CC1. The molecule has 0 aliphatic carbocycles. The topological polar surface area (TPSA) is 49.9 Å². The summed E-state index contributed by atoms with van der Waals surface area (Å²) in [6.45, 7) is 6.29. The van der Waals surface area contributed by atoms with Gasteiger partial charge < -0.3 is 14.5 Å². The molecule has 1 heterocycles. The molecule has 1 aliphatic rings. The largest absolute Gasteiger partial charge is 0.450 e. The van der Waals surface area contributed by atoms with E-state index < -0.39 is 0 Å². The van der Waals surface area contributed by atoms with Gasteiger partial charge in [-0.05, 0) is 19.4 Å². The molecule has 1 aliphatic heterocycles. The molecule has 1 aromatic carbocycles. The summed E-state index contributed by atoms with van der Waals surface area (Å²) in [4.78, 5) is 27.1. The van der Waals surface area contributed by atoms with Gasteiger partial charge in [0, 0.05) is 32.3 Å². The molecule has 5 nitrogen and oxygen atoms in total. The summed E-state index contributed by atoms with van der Waals surface area (Å²) in [6.07, 6.45) is 6.84. The molecule has 0 aromatic heterocycles. The number of benzene rings is 1. The van der Waals surface area contributed by atoms with E-state index in [9.17, 15) is 9.59 Å². The fourth-order valence-electron chi connectivity index (χ4n) is 2.51. The van der Waals surface area contributed by atoms with Crippen molar-refractivity contribution in [1.29, 1.82) is 0 Å². The average Bonchev–Trinajstić information content (AvgIpc) is 2.59. The van der Waals surface area contributed by atoms with E-state index >= 15 is 0 Å². The van der Waals surface area contributed by atoms with E-state index in [0.717, 1.165) is 5.56 Å². The third kappa shape index (κ3) is 5.26. The van der Waals surface area contributed by atoms with E-state index in [2.05, 4.69) is 6.07 Å². The maximum absolute atomic E-state index is 12.1. The van der Waals surface area contributed by atoms with Gasteiger partial charge in [-0.15, -0.1) is 0 Å². The highest BCUT2D eigenvalue weighted by atomic mass is 16.6. The number of aryl methyl sites for hydroxylation is 1. The van der Waals surface area contributed by atoms with Gasteiger partial charge in [0.1, 0.15) is 0 Å². The van der Waals surface area contributed by atoms with Crippen LogP contribution in [0.4, 0.5) is 4.79 Å². The van der Waals surface area contributed by atoms with E-state index in [1.807, 2.05) is 37.3 Å². The third-order valence-corrected chi connectivity index (χ3v) is 3.80. The number of ether oxygens (including phenoxy) is 1. The first-order chi connectivity index (χ1) is 11.6. The molecular formula is C19H24N2O3. The molecule has 0 radical (unpaired) electrons. The average molecular weight is 328 g/mol. The van der Waals surface area contributed by atoms with Crippen molar-refractivity contribution >= 4 is 18.1 Å². The Morgan fingerprint density at radius 2 is 1.83 bits per heavy atom. The fraction of sp³-hybridized carbons (Fsp3) is 0.368. The van der Waals surface area contributed by atoms with Crippen molar-refractivity contribution in [3.05, 3.63) is 53.6 Å². The lowest BCUT2D eigenvalue weighted by atomic mass is 10.1. The predicted octanol–water partition coefficient (Wildman–Crippen LogP) is 2.87. The summed E-state index contributed by atoms with van der Waals surface area (Å²) in [5.41, 5.74) is 2.31. The van der Waals surface area contributed by atoms with Crippen molar-refractivity contribution in [2.24, 2.45) is 0 Å². The van der Waals surface area contributed by atoms with Crippen LogP contribution in [0.1, 0.15) is 18.1 Å². The van der Waals surface area contributed by atoms with Crippen LogP contribution in [0.3, 0.4) is 0 Å². The van der Waals surface area contributed by atoms with Crippen LogP contribution in [0, 0.1) is 6.92 Å². The highest BCUT2D eigenvalue weighted by Crippen LogP contribution is 2.07. The molecule has 2 rings (SSSR count). The lowest BCUT2D eigenvalue weighted by Gasteiger charge is -2.33. The van der Waals surface area contributed by atoms with E-state index in [4.69, 9.17) is 4.74 Å². The second-order valence-corrected chi connectivity index (χ2v) is 5.64. The number of carbonyl (C=O) groups is 2. The van der Waals surface area contributed by atoms with Crippen LogP contribution in [0.15, 0.2) is 42.5 Å². The lowest BCUT2D eigenvalue weighted by Crippen LogP contribution is -2.50. The lowest BCUT2D eigenvalue weighted by molar-refractivity contribution is -0.127. The highest BCUT2D eigenvalue weighted by Gasteiger charge is 2.23. The van der Waals surface area contributed by atoms with Crippen molar-refractivity contribution in [2.75, 3.05) is 32.8 Å². The number of amides is 2. The molecular weight excluding hydrogens is 304 g/mol. The summed E-state index contributed by atoms with van der Waals surface area (Å²) in [5.74, 6) is -0.0348. The van der Waals surface area contributed by atoms with E-state index in [-0.39, 0.29) is 12.0 Å². The second-order valence-electron chi connectivity index (χ2n) is 5.64. The van der Waals surface area contributed by atoms with Crippen LogP contribution in [-0.2, 0) is 9.53 Å². The van der Waals surface area contributed by atoms with Crippen molar-refractivity contribution in [2.45, 2.75) is 13.8 Å². The maximum atomic E-state index is 12.1. The molecule has 5 heteroatoms. The Bertz CT molecular complexity index is 629. The first-order valence-electron chi connectivity index (χ1n) is 8.22. The molecule has 1 saturated heterocycles. The smallest absolute Gasteiger partial charge is 0.409 e. The summed E-state index contributed by atoms with van der Waals surface area (Å²) >= 11 is 0. The van der Waals surface area contributed by atoms with Gasteiger partial charge in [-0.1, -0.05) is 48.1 Å². The number of piperazine rings is 1. The Morgan fingerprint density at radius 1 is 1.12 bits per heavy atom. The molecule has 128 valence electrons. The molecule has 1 fully saturated rings. The van der Waals surface area contributed by atoms with Crippen LogP contribution in [0.2, 0.25) is 0 Å². The van der Waals surface area contributed by atoms with E-state index in [1.54, 1.807) is 28.9 Å². The van der Waals surface area contributed by atoms with Gasteiger partial charge in [0.25, 0.3) is 0 Å². The van der Waals surface area contributed by atoms with Crippen LogP contribution in [0.25, 0.3) is 6.08 Å². The van der Waals surface area contributed by atoms with Gasteiger partial charge >= 0.3 is 6.09 Å². The molecule has 0 bridgehead atoms. The summed E-state index contributed by atoms with van der Waals surface area (Å²) in [5, 5.41) is 0. The van der Waals surface area contributed by atoms with Crippen LogP contribution in [0.5, 0.6) is 0 Å². The quantitative estimate of drug-likeness (QED) is 0.631. The maximum Gasteiger partial charge on any atom is 0.409 e. The predicted molar refractivity (Wildman–Crippen MR) is 94.5 cm³/mol. The molecule has 0 atom stereocenters. The van der Waals surface area contributed by atoms with Crippen molar-refractivity contribution in [3.63, 3.8) is 0 Å². The van der Waals surface area contributed by atoms with Crippen molar-refractivity contribution in [3.8, 4) is 0 Å². The van der Waals surface area contributed by atoms with Gasteiger partial charge in [0.2, 0.25) is 5.91 Å². The molecule has 1 aromatic rings. The zero-order chi connectivity index (χ0) is 17.4. The Kier molecular flexibility index (Phi) is 6.61. The number of allylic oxidation sites excluding steroid dienone is 2. The van der Waals surface area contributed by atoms with Crippen molar-refractivity contribution < 1.29 is 14.3 Å². The number of rotatable bonds is 4. The minimum atomic E-state index is -0.304. The van der Waals surface area contributed by atoms with Crippen LogP contribution >= 0.6 is 0 Å². The summed E-state index contributed by atoms with van der Waals surface area (Å²) in [7, 11) is 0. The molecule has 24 heavy (non-hydrogen) atoms. The van der Waals surface area contributed by atoms with Gasteiger partial charge in [-0.2, -0.15) is 0 Å². The van der Waals surface area contributed by atoms with Crippen molar-refractivity contribution in [1.82, 2.24) is 9.80 Å². The second kappa shape index (κ2) is 8.91. The molecule has 0 unspecified atom stereocenters. The van der Waals surface area contributed by atoms with E-state index in [0.29, 0.717) is 32.8 Å². The Balaban J connectivity index is 1.80. The number of hydrogen-bond acceptors (Lipinski definition) is 3. The third-order valence-electron chi connectivity index (χ3n) is 3.80. The molecule has 2 amide bonds. The van der Waals surface area contributed by atoms with Gasteiger partial charge in [0.05, 0.1) is 6.61 Å². The molecule has 0 saturated carbocycles. The van der Waals surface area contributed by atoms with Crippen LogP contribution < -0.4 is 0 Å².